The zero-order chi connectivity index (χ0) is 12.5. The minimum absolute atomic E-state index is 0.796. The van der Waals surface area contributed by atoms with Gasteiger partial charge in [-0.25, -0.2) is 4.98 Å². The van der Waals surface area contributed by atoms with Crippen LogP contribution in [0, 0.1) is 0 Å². The smallest absolute Gasteiger partial charge is 0.196 e. The lowest BCUT2D eigenvalue weighted by Gasteiger charge is -1.94. The molecule has 3 rings (SSSR count). The molecule has 0 N–H and O–H groups in total. The first-order chi connectivity index (χ1) is 8.83. The SMILES string of the molecule is CN=Nc1ccc2c(c1)nc1scc(N=NC)n12. The number of thiazole rings is 1. The summed E-state index contributed by atoms with van der Waals surface area (Å²) in [7, 11) is 3.30. The van der Waals surface area contributed by atoms with Crippen molar-refractivity contribution in [2.24, 2.45) is 20.5 Å². The molecule has 2 aromatic heterocycles. The van der Waals surface area contributed by atoms with Crippen molar-refractivity contribution >= 4 is 38.8 Å². The van der Waals surface area contributed by atoms with Crippen LogP contribution in [0.25, 0.3) is 16.0 Å². The predicted octanol–water partition coefficient (Wildman–Crippen LogP) is 3.98. The van der Waals surface area contributed by atoms with E-state index in [1.165, 1.54) is 0 Å². The maximum absolute atomic E-state index is 4.54. The van der Waals surface area contributed by atoms with Crippen LogP contribution in [0.5, 0.6) is 0 Å². The van der Waals surface area contributed by atoms with E-state index in [4.69, 9.17) is 0 Å². The number of hydrogen-bond acceptors (Lipinski definition) is 6. The fourth-order valence-corrected chi connectivity index (χ4v) is 2.67. The molecular formula is C11H10N6S. The molecule has 0 saturated carbocycles. The van der Waals surface area contributed by atoms with Gasteiger partial charge in [-0.1, -0.05) is 0 Å². The molecule has 0 unspecified atom stereocenters. The van der Waals surface area contributed by atoms with E-state index in [0.29, 0.717) is 0 Å². The first-order valence-electron chi connectivity index (χ1n) is 5.33. The maximum Gasteiger partial charge on any atom is 0.196 e. The molecule has 90 valence electrons. The molecule has 0 aliphatic heterocycles. The van der Waals surface area contributed by atoms with Crippen LogP contribution in [0.3, 0.4) is 0 Å². The van der Waals surface area contributed by atoms with Gasteiger partial charge in [-0.2, -0.15) is 15.3 Å². The molecule has 3 aromatic rings. The van der Waals surface area contributed by atoms with Crippen molar-refractivity contribution in [2.75, 3.05) is 14.1 Å². The third-order valence-corrected chi connectivity index (χ3v) is 3.34. The number of hydrogen-bond donors (Lipinski definition) is 0. The van der Waals surface area contributed by atoms with Gasteiger partial charge in [0.2, 0.25) is 0 Å². The third kappa shape index (κ3) is 1.60. The van der Waals surface area contributed by atoms with Crippen LogP contribution < -0.4 is 0 Å². The third-order valence-electron chi connectivity index (χ3n) is 2.52. The molecule has 0 fully saturated rings. The molecule has 18 heavy (non-hydrogen) atoms. The summed E-state index contributed by atoms with van der Waals surface area (Å²) < 4.78 is 1.99. The Kier molecular flexibility index (Phi) is 2.60. The van der Waals surface area contributed by atoms with Gasteiger partial charge in [0, 0.05) is 19.5 Å². The van der Waals surface area contributed by atoms with E-state index < -0.39 is 0 Å². The summed E-state index contributed by atoms with van der Waals surface area (Å²) in [5.74, 6) is 0.796. The number of aromatic nitrogens is 2. The lowest BCUT2D eigenvalue weighted by atomic mass is 10.3. The van der Waals surface area contributed by atoms with Crippen LogP contribution in [0.15, 0.2) is 44.0 Å². The Balaban J connectivity index is 2.31. The summed E-state index contributed by atoms with van der Waals surface area (Å²) in [4.78, 5) is 5.44. The van der Waals surface area contributed by atoms with Gasteiger partial charge >= 0.3 is 0 Å². The first-order valence-corrected chi connectivity index (χ1v) is 6.21. The van der Waals surface area contributed by atoms with Gasteiger partial charge in [0.1, 0.15) is 0 Å². The second-order valence-corrected chi connectivity index (χ2v) is 4.43. The quantitative estimate of drug-likeness (QED) is 0.641. The van der Waals surface area contributed by atoms with Crippen molar-refractivity contribution in [1.82, 2.24) is 9.38 Å². The van der Waals surface area contributed by atoms with Crippen molar-refractivity contribution in [3.63, 3.8) is 0 Å². The van der Waals surface area contributed by atoms with Gasteiger partial charge in [-0.05, 0) is 18.2 Å². The topological polar surface area (TPSA) is 66.7 Å². The zero-order valence-corrected chi connectivity index (χ0v) is 10.7. The van der Waals surface area contributed by atoms with E-state index in [-0.39, 0.29) is 0 Å². The molecule has 6 nitrogen and oxygen atoms in total. The Bertz CT molecular complexity index is 766. The van der Waals surface area contributed by atoms with E-state index in [9.17, 15) is 0 Å². The molecule has 0 aliphatic rings. The first kappa shape index (κ1) is 11.0. The van der Waals surface area contributed by atoms with Crippen molar-refractivity contribution in [3.05, 3.63) is 23.6 Å². The predicted molar refractivity (Wildman–Crippen MR) is 71.5 cm³/mol. The molecular weight excluding hydrogens is 248 g/mol. The van der Waals surface area contributed by atoms with E-state index in [2.05, 4.69) is 25.4 Å². The Morgan fingerprint density at radius 2 is 2.00 bits per heavy atom. The second-order valence-electron chi connectivity index (χ2n) is 3.60. The molecule has 2 heterocycles. The highest BCUT2D eigenvalue weighted by atomic mass is 32.1. The van der Waals surface area contributed by atoms with E-state index >= 15 is 0 Å². The average molecular weight is 258 g/mol. The van der Waals surface area contributed by atoms with Gasteiger partial charge in [0.15, 0.2) is 10.8 Å². The molecule has 0 atom stereocenters. The Morgan fingerprint density at radius 1 is 1.17 bits per heavy atom. The Morgan fingerprint density at radius 3 is 2.78 bits per heavy atom. The van der Waals surface area contributed by atoms with Crippen LogP contribution in [-0.2, 0) is 0 Å². The van der Waals surface area contributed by atoms with Crippen molar-refractivity contribution in [3.8, 4) is 0 Å². The molecule has 0 aliphatic carbocycles. The zero-order valence-electron chi connectivity index (χ0n) is 9.90. The number of rotatable bonds is 2. The van der Waals surface area contributed by atoms with Crippen molar-refractivity contribution in [2.45, 2.75) is 0 Å². The van der Waals surface area contributed by atoms with E-state index in [1.807, 2.05) is 28.0 Å². The molecule has 1 aromatic carbocycles. The lowest BCUT2D eigenvalue weighted by molar-refractivity contribution is 1.10. The lowest BCUT2D eigenvalue weighted by Crippen LogP contribution is -1.78. The highest BCUT2D eigenvalue weighted by molar-refractivity contribution is 7.15. The summed E-state index contributed by atoms with van der Waals surface area (Å²) in [6.45, 7) is 0. The van der Waals surface area contributed by atoms with E-state index in [1.54, 1.807) is 25.4 Å². The van der Waals surface area contributed by atoms with Crippen LogP contribution >= 0.6 is 11.3 Å². The standard InChI is InChI=1S/C11H10N6S/c1-12-15-7-3-4-9-8(5-7)14-11-17(9)10(6-18-11)16-13-2/h3-6H,1-2H3. The van der Waals surface area contributed by atoms with Gasteiger partial charge in [0.05, 0.1) is 16.7 Å². The van der Waals surface area contributed by atoms with E-state index in [0.717, 1.165) is 27.5 Å². The van der Waals surface area contributed by atoms with Gasteiger partial charge < -0.3 is 0 Å². The Labute approximate surface area is 107 Å². The van der Waals surface area contributed by atoms with Crippen LogP contribution in [-0.4, -0.2) is 23.5 Å². The fraction of sp³-hybridized carbons (Fsp3) is 0.182. The average Bonchev–Trinajstić information content (AvgIpc) is 2.89. The minimum atomic E-state index is 0.796. The summed E-state index contributed by atoms with van der Waals surface area (Å²) in [5.41, 5.74) is 2.69. The monoisotopic (exact) mass is 258 g/mol. The number of imidazole rings is 1. The summed E-state index contributed by atoms with van der Waals surface area (Å²) >= 11 is 1.54. The number of azo groups is 2. The Hall–Kier alpha value is -2.15. The summed E-state index contributed by atoms with van der Waals surface area (Å²) in [6.07, 6.45) is 0. The number of benzene rings is 1. The molecule has 0 amide bonds. The number of nitrogens with zero attached hydrogens (tertiary/aromatic N) is 6. The normalized spacial score (nSPS) is 12.6. The largest absolute Gasteiger partial charge is 0.266 e. The van der Waals surface area contributed by atoms with Gasteiger partial charge in [-0.3, -0.25) is 4.40 Å². The molecule has 0 radical (unpaired) electrons. The second kappa shape index (κ2) is 4.26. The minimum Gasteiger partial charge on any atom is -0.266 e. The molecule has 0 bridgehead atoms. The van der Waals surface area contributed by atoms with Crippen molar-refractivity contribution < 1.29 is 0 Å². The number of fused-ring (bicyclic) bond motifs is 3. The molecule has 0 saturated heterocycles. The van der Waals surface area contributed by atoms with Gasteiger partial charge in [0.25, 0.3) is 0 Å². The van der Waals surface area contributed by atoms with Gasteiger partial charge in [-0.15, -0.1) is 16.5 Å². The van der Waals surface area contributed by atoms with Crippen LogP contribution in [0.2, 0.25) is 0 Å². The fourth-order valence-electron chi connectivity index (χ4n) is 1.85. The van der Waals surface area contributed by atoms with Crippen molar-refractivity contribution in [1.29, 1.82) is 0 Å². The molecule has 0 spiro atoms. The van der Waals surface area contributed by atoms with Crippen LogP contribution in [0.4, 0.5) is 11.5 Å². The highest BCUT2D eigenvalue weighted by Crippen LogP contribution is 2.30. The van der Waals surface area contributed by atoms with Crippen LogP contribution in [0.1, 0.15) is 0 Å². The summed E-state index contributed by atoms with van der Waals surface area (Å²) in [5, 5.41) is 17.6. The maximum atomic E-state index is 4.54. The highest BCUT2D eigenvalue weighted by Gasteiger charge is 2.10. The summed E-state index contributed by atoms with van der Waals surface area (Å²) in [6, 6.07) is 5.80. The molecule has 7 heteroatoms.